The van der Waals surface area contributed by atoms with Crippen LogP contribution in [-0.4, -0.2) is 33.6 Å². The summed E-state index contributed by atoms with van der Waals surface area (Å²) < 4.78 is 6.86. The number of hydrogen-bond acceptors (Lipinski definition) is 3. The van der Waals surface area contributed by atoms with Crippen LogP contribution in [0.2, 0.25) is 0 Å². The highest BCUT2D eigenvalue weighted by atomic mass is 16.5. The standard InChI is InChI=1S/C30H52O3/c1-25(2)13-9-14-30(8,33-25)19-10-16-29(7)24(19)20(31)18-22-27(5)15-12-23(32)26(3,4)21(27)11-17-28(22,29)6/h19-24,31-32H,9-18H2,1-8H3/t19-,20+,21+,22-,23+,24-,27+,28-,29-,30+/m1/s1. The molecule has 3 nitrogen and oxygen atoms in total. The molecule has 5 fully saturated rings. The zero-order chi connectivity index (χ0) is 24.2. The normalized spacial score (nSPS) is 57.6. The highest BCUT2D eigenvalue weighted by molar-refractivity contribution is 5.20. The summed E-state index contributed by atoms with van der Waals surface area (Å²) in [6.45, 7) is 19.2. The summed E-state index contributed by atoms with van der Waals surface area (Å²) in [6, 6.07) is 0. The van der Waals surface area contributed by atoms with Crippen LogP contribution in [0, 0.1) is 45.3 Å². The van der Waals surface area contributed by atoms with Gasteiger partial charge in [-0.2, -0.15) is 0 Å². The van der Waals surface area contributed by atoms with Crippen LogP contribution in [0.25, 0.3) is 0 Å². The van der Waals surface area contributed by atoms with Gasteiger partial charge in [0.1, 0.15) is 0 Å². The van der Waals surface area contributed by atoms with Crippen LogP contribution in [0.3, 0.4) is 0 Å². The minimum absolute atomic E-state index is 0.0375. The van der Waals surface area contributed by atoms with Gasteiger partial charge in [-0.15, -0.1) is 0 Å². The van der Waals surface area contributed by atoms with Gasteiger partial charge in [-0.25, -0.2) is 0 Å². The first-order valence-corrected chi connectivity index (χ1v) is 14.2. The lowest BCUT2D eigenvalue weighted by Crippen LogP contribution is -2.66. The molecule has 33 heavy (non-hydrogen) atoms. The Bertz CT molecular complexity index is 789. The number of ether oxygens (including phenoxy) is 1. The van der Waals surface area contributed by atoms with Crippen molar-refractivity contribution < 1.29 is 14.9 Å². The average Bonchev–Trinajstić information content (AvgIpc) is 3.07. The predicted octanol–water partition coefficient (Wildman–Crippen LogP) is 6.74. The molecule has 4 aliphatic carbocycles. The Hall–Kier alpha value is -0.120. The quantitative estimate of drug-likeness (QED) is 0.455. The summed E-state index contributed by atoms with van der Waals surface area (Å²) in [5, 5.41) is 22.8. The van der Waals surface area contributed by atoms with Gasteiger partial charge in [-0.1, -0.05) is 34.6 Å². The maximum Gasteiger partial charge on any atom is 0.0693 e. The van der Waals surface area contributed by atoms with E-state index in [1.165, 1.54) is 32.1 Å². The van der Waals surface area contributed by atoms with E-state index in [-0.39, 0.29) is 45.1 Å². The molecule has 0 aromatic heterocycles. The van der Waals surface area contributed by atoms with E-state index in [4.69, 9.17) is 4.74 Å². The third kappa shape index (κ3) is 3.16. The molecule has 190 valence electrons. The molecular formula is C30H52O3. The molecule has 10 atom stereocenters. The zero-order valence-electron chi connectivity index (χ0n) is 22.8. The summed E-state index contributed by atoms with van der Waals surface area (Å²) in [7, 11) is 0. The first-order chi connectivity index (χ1) is 15.1. The Morgan fingerprint density at radius 3 is 2.03 bits per heavy atom. The Morgan fingerprint density at radius 2 is 1.36 bits per heavy atom. The molecule has 0 bridgehead atoms. The van der Waals surface area contributed by atoms with E-state index in [9.17, 15) is 10.2 Å². The van der Waals surface area contributed by atoms with E-state index in [1.54, 1.807) is 0 Å². The van der Waals surface area contributed by atoms with E-state index in [0.29, 0.717) is 23.7 Å². The van der Waals surface area contributed by atoms with Gasteiger partial charge >= 0.3 is 0 Å². The third-order valence-electron chi connectivity index (χ3n) is 13.1. The molecule has 3 heteroatoms. The molecule has 1 saturated heterocycles. The zero-order valence-corrected chi connectivity index (χ0v) is 22.8. The molecule has 0 radical (unpaired) electrons. The molecule has 2 N–H and O–H groups in total. The summed E-state index contributed by atoms with van der Waals surface area (Å²) in [5.41, 5.74) is 0.392. The van der Waals surface area contributed by atoms with Crippen molar-refractivity contribution in [1.82, 2.24) is 0 Å². The second-order valence-corrected chi connectivity index (χ2v) is 15.4. The molecule has 0 aromatic rings. The van der Waals surface area contributed by atoms with Crippen LogP contribution in [0.1, 0.15) is 120 Å². The summed E-state index contributed by atoms with van der Waals surface area (Å²) >= 11 is 0. The topological polar surface area (TPSA) is 49.7 Å². The van der Waals surface area contributed by atoms with Crippen molar-refractivity contribution in [3.63, 3.8) is 0 Å². The van der Waals surface area contributed by atoms with Gasteiger partial charge in [-0.3, -0.25) is 0 Å². The monoisotopic (exact) mass is 460 g/mol. The minimum atomic E-state index is -0.239. The maximum atomic E-state index is 11.9. The summed E-state index contributed by atoms with van der Waals surface area (Å²) in [4.78, 5) is 0. The van der Waals surface area contributed by atoms with Crippen LogP contribution < -0.4 is 0 Å². The lowest BCUT2D eigenvalue weighted by atomic mass is 9.35. The van der Waals surface area contributed by atoms with Gasteiger partial charge in [0.25, 0.3) is 0 Å². The van der Waals surface area contributed by atoms with Gasteiger partial charge in [-0.05, 0) is 130 Å². The number of aliphatic hydroxyl groups is 2. The van der Waals surface area contributed by atoms with Crippen molar-refractivity contribution in [1.29, 1.82) is 0 Å². The van der Waals surface area contributed by atoms with Crippen molar-refractivity contribution in [2.24, 2.45) is 45.3 Å². The van der Waals surface area contributed by atoms with E-state index >= 15 is 0 Å². The van der Waals surface area contributed by atoms with E-state index < -0.39 is 0 Å². The lowest BCUT2D eigenvalue weighted by molar-refractivity contribution is -0.257. The lowest BCUT2D eigenvalue weighted by Gasteiger charge is -2.70. The molecule has 4 saturated carbocycles. The molecule has 1 heterocycles. The van der Waals surface area contributed by atoms with E-state index in [1.807, 2.05) is 0 Å². The largest absolute Gasteiger partial charge is 0.393 e. The van der Waals surface area contributed by atoms with Gasteiger partial charge in [0, 0.05) is 0 Å². The molecule has 0 spiro atoms. The molecule has 0 unspecified atom stereocenters. The number of aliphatic hydroxyl groups excluding tert-OH is 2. The fourth-order valence-electron chi connectivity index (χ4n) is 11.3. The van der Waals surface area contributed by atoms with Crippen molar-refractivity contribution in [3.05, 3.63) is 0 Å². The second kappa shape index (κ2) is 7.22. The Kier molecular flexibility index (Phi) is 5.38. The Morgan fingerprint density at radius 1 is 0.697 bits per heavy atom. The molecule has 0 amide bonds. The molecule has 0 aromatic carbocycles. The van der Waals surface area contributed by atoms with Crippen molar-refractivity contribution in [3.8, 4) is 0 Å². The third-order valence-corrected chi connectivity index (χ3v) is 13.1. The number of rotatable bonds is 1. The second-order valence-electron chi connectivity index (χ2n) is 15.4. The van der Waals surface area contributed by atoms with Crippen LogP contribution in [0.5, 0.6) is 0 Å². The summed E-state index contributed by atoms with van der Waals surface area (Å²) in [6.07, 6.45) is 10.9. The van der Waals surface area contributed by atoms with Crippen LogP contribution in [-0.2, 0) is 4.74 Å². The van der Waals surface area contributed by atoms with Gasteiger partial charge in [0.2, 0.25) is 0 Å². The van der Waals surface area contributed by atoms with Crippen LogP contribution in [0.4, 0.5) is 0 Å². The van der Waals surface area contributed by atoms with Gasteiger partial charge < -0.3 is 14.9 Å². The van der Waals surface area contributed by atoms with Gasteiger partial charge in [0.05, 0.1) is 23.4 Å². The van der Waals surface area contributed by atoms with E-state index in [2.05, 4.69) is 55.4 Å². The Labute approximate surface area is 203 Å². The van der Waals surface area contributed by atoms with Crippen molar-refractivity contribution in [2.45, 2.75) is 143 Å². The summed E-state index contributed by atoms with van der Waals surface area (Å²) in [5.74, 6) is 1.85. The van der Waals surface area contributed by atoms with Crippen LogP contribution >= 0.6 is 0 Å². The average molecular weight is 461 g/mol. The predicted molar refractivity (Wildman–Crippen MR) is 134 cm³/mol. The highest BCUT2D eigenvalue weighted by Crippen LogP contribution is 2.76. The van der Waals surface area contributed by atoms with Crippen LogP contribution in [0.15, 0.2) is 0 Å². The smallest absolute Gasteiger partial charge is 0.0693 e. The first kappa shape index (κ1) is 24.6. The van der Waals surface area contributed by atoms with E-state index in [0.717, 1.165) is 32.1 Å². The van der Waals surface area contributed by atoms with Crippen molar-refractivity contribution in [2.75, 3.05) is 0 Å². The highest BCUT2D eigenvalue weighted by Gasteiger charge is 2.71. The minimum Gasteiger partial charge on any atom is -0.393 e. The first-order valence-electron chi connectivity index (χ1n) is 14.2. The Balaban J connectivity index is 1.51. The SMILES string of the molecule is CC1(C)CCC[C@@](C)([C@@H]2CC[C@]3(C)[C@H]2[C@@H](O)C[C@@H]2[C@@]4(C)CC[C@H](O)C(C)(C)[C@@H]4CC[C@]23C)O1. The van der Waals surface area contributed by atoms with Gasteiger partial charge in [0.15, 0.2) is 0 Å². The number of fused-ring (bicyclic) bond motifs is 5. The van der Waals surface area contributed by atoms with Crippen molar-refractivity contribution >= 4 is 0 Å². The molecule has 5 aliphatic rings. The fraction of sp³-hybridized carbons (Fsp3) is 1.00. The maximum absolute atomic E-state index is 11.9. The molecule has 5 rings (SSSR count). The fourth-order valence-corrected chi connectivity index (χ4v) is 11.3. The molecule has 1 aliphatic heterocycles. The number of hydrogen-bond donors (Lipinski definition) is 2. The molecular weight excluding hydrogens is 408 g/mol.